The van der Waals surface area contributed by atoms with E-state index in [0.29, 0.717) is 13.0 Å². The van der Waals surface area contributed by atoms with Crippen molar-refractivity contribution in [3.05, 3.63) is 24.3 Å². The third kappa shape index (κ3) is 2.92. The Kier molecular flexibility index (Phi) is 5.26. The lowest BCUT2D eigenvalue weighted by molar-refractivity contribution is -0.160. The van der Waals surface area contributed by atoms with Gasteiger partial charge in [-0.3, -0.25) is 14.4 Å². The van der Waals surface area contributed by atoms with Gasteiger partial charge in [-0.05, 0) is 33.6 Å². The van der Waals surface area contributed by atoms with Gasteiger partial charge >= 0.3 is 5.97 Å². The molecule has 2 saturated heterocycles. The Hall–Kier alpha value is -2.19. The number of hydrogen-bond acceptors (Lipinski definition) is 6. The second-order valence-electron chi connectivity index (χ2n) is 8.95. The van der Waals surface area contributed by atoms with Crippen molar-refractivity contribution in [1.29, 1.82) is 0 Å². The summed E-state index contributed by atoms with van der Waals surface area (Å²) < 4.78 is 12.1. The van der Waals surface area contributed by atoms with Gasteiger partial charge in [-0.1, -0.05) is 24.3 Å². The number of carbonyl (C=O) groups is 3. The summed E-state index contributed by atoms with van der Waals surface area (Å²) in [6.45, 7) is 6.03. The normalized spacial score (nSPS) is 39.6. The van der Waals surface area contributed by atoms with Crippen LogP contribution in [0.25, 0.3) is 0 Å². The van der Waals surface area contributed by atoms with E-state index in [4.69, 9.17) is 9.47 Å². The second-order valence-corrected chi connectivity index (χ2v) is 8.95. The summed E-state index contributed by atoms with van der Waals surface area (Å²) in [6.07, 6.45) is 8.89. The number of rotatable bonds is 3. The Morgan fingerprint density at radius 3 is 2.63 bits per heavy atom. The average Bonchev–Trinajstić information content (AvgIpc) is 3.02. The van der Waals surface area contributed by atoms with E-state index in [9.17, 15) is 19.5 Å². The van der Waals surface area contributed by atoms with Crippen LogP contribution < -0.4 is 0 Å². The molecule has 0 bridgehead atoms. The fourth-order valence-corrected chi connectivity index (χ4v) is 5.46. The number of aliphatic hydroxyl groups excluding tert-OH is 1. The minimum absolute atomic E-state index is 0.00491. The van der Waals surface area contributed by atoms with E-state index >= 15 is 0 Å². The first kappa shape index (κ1) is 21.1. The molecule has 8 heteroatoms. The van der Waals surface area contributed by atoms with Gasteiger partial charge in [0, 0.05) is 19.1 Å². The third-order valence-electron chi connectivity index (χ3n) is 6.75. The van der Waals surface area contributed by atoms with Crippen LogP contribution in [-0.2, 0) is 23.9 Å². The Bertz CT molecular complexity index is 807. The van der Waals surface area contributed by atoms with Gasteiger partial charge in [-0.2, -0.15) is 0 Å². The largest absolute Gasteiger partial charge is 0.465 e. The van der Waals surface area contributed by atoms with Crippen LogP contribution in [0, 0.1) is 11.8 Å². The van der Waals surface area contributed by atoms with Crippen LogP contribution in [0.2, 0.25) is 0 Å². The zero-order valence-electron chi connectivity index (χ0n) is 17.7. The molecule has 164 valence electrons. The number of β-amino-alcohol motifs (C(OH)–C–C–N with tert-alkyl or cyclic N) is 1. The predicted molar refractivity (Wildman–Crippen MR) is 107 cm³/mol. The van der Waals surface area contributed by atoms with Gasteiger partial charge in [0.2, 0.25) is 11.8 Å². The molecule has 4 aliphatic heterocycles. The van der Waals surface area contributed by atoms with Crippen molar-refractivity contribution < 1.29 is 29.0 Å². The van der Waals surface area contributed by atoms with Crippen molar-refractivity contribution in [1.82, 2.24) is 9.80 Å². The van der Waals surface area contributed by atoms with Gasteiger partial charge in [-0.15, -0.1) is 0 Å². The second kappa shape index (κ2) is 7.50. The fraction of sp³-hybridized carbons (Fsp3) is 0.682. The molecule has 0 aliphatic carbocycles. The molecular formula is C22H30N2O6. The number of esters is 1. The van der Waals surface area contributed by atoms with Crippen LogP contribution in [0.1, 0.15) is 33.6 Å². The molecule has 4 rings (SSSR count). The van der Waals surface area contributed by atoms with Crippen LogP contribution >= 0.6 is 0 Å². The third-order valence-corrected chi connectivity index (χ3v) is 6.75. The Morgan fingerprint density at radius 2 is 1.93 bits per heavy atom. The quantitative estimate of drug-likeness (QED) is 0.534. The Morgan fingerprint density at radius 1 is 1.17 bits per heavy atom. The van der Waals surface area contributed by atoms with E-state index in [0.717, 1.165) is 6.42 Å². The van der Waals surface area contributed by atoms with E-state index in [1.54, 1.807) is 17.9 Å². The van der Waals surface area contributed by atoms with Crippen molar-refractivity contribution >= 4 is 17.8 Å². The smallest absolute Gasteiger partial charge is 0.313 e. The van der Waals surface area contributed by atoms with Crippen LogP contribution in [0.4, 0.5) is 0 Å². The van der Waals surface area contributed by atoms with Crippen molar-refractivity contribution in [2.45, 2.75) is 56.9 Å². The van der Waals surface area contributed by atoms with Crippen LogP contribution in [0.3, 0.4) is 0 Å². The SMILES string of the molecule is CC(C)N1CC=C[C@]23O[C@]4(C)/C=C\CCCOC(=O)[C@@H]4[C@H]2C(=O)N(CCO)C3C1=O. The number of cyclic esters (lactones) is 1. The first-order valence-electron chi connectivity index (χ1n) is 10.7. The maximum Gasteiger partial charge on any atom is 0.313 e. The topological polar surface area (TPSA) is 96.4 Å². The highest BCUT2D eigenvalue weighted by Gasteiger charge is 2.74. The standard InChI is InChI=1S/C22H30N2O6/c1-14(2)23-10-7-9-22-15(18(26)24(11-12-25)17(22)19(23)27)16-20(28)29-13-6-4-5-8-21(16,3)30-22/h5,7-9,14-17,25H,4,6,10-13H2,1-3H3/b8-5-/t15-,16-,17?,21+,22-/m0/s1. The lowest BCUT2D eigenvalue weighted by Gasteiger charge is -2.38. The molecule has 0 aromatic heterocycles. The number of ether oxygens (including phenoxy) is 2. The van der Waals surface area contributed by atoms with Crippen molar-refractivity contribution in [2.75, 3.05) is 26.3 Å². The van der Waals surface area contributed by atoms with Crippen molar-refractivity contribution in [3.8, 4) is 0 Å². The number of hydrogen-bond donors (Lipinski definition) is 1. The molecule has 8 nitrogen and oxygen atoms in total. The monoisotopic (exact) mass is 418 g/mol. The van der Waals surface area contributed by atoms with Gasteiger partial charge in [-0.25, -0.2) is 0 Å². The number of fused-ring (bicyclic) bond motifs is 2. The van der Waals surface area contributed by atoms with Gasteiger partial charge in [0.25, 0.3) is 0 Å². The molecule has 2 fully saturated rings. The molecular weight excluding hydrogens is 388 g/mol. The van der Waals surface area contributed by atoms with Crippen LogP contribution in [0.15, 0.2) is 24.3 Å². The van der Waals surface area contributed by atoms with Crippen LogP contribution in [-0.4, -0.2) is 82.3 Å². The van der Waals surface area contributed by atoms with Gasteiger partial charge in [0.15, 0.2) is 0 Å². The van der Waals surface area contributed by atoms with E-state index in [1.807, 2.05) is 32.1 Å². The summed E-state index contributed by atoms with van der Waals surface area (Å²) in [6, 6.07) is -1.00. The highest BCUT2D eigenvalue weighted by Crippen LogP contribution is 2.57. The zero-order chi connectivity index (χ0) is 21.7. The first-order chi connectivity index (χ1) is 14.3. The van der Waals surface area contributed by atoms with Gasteiger partial charge in [0.1, 0.15) is 17.6 Å². The summed E-state index contributed by atoms with van der Waals surface area (Å²) in [7, 11) is 0. The predicted octanol–water partition coefficient (Wildman–Crippen LogP) is 0.650. The summed E-state index contributed by atoms with van der Waals surface area (Å²) >= 11 is 0. The molecule has 0 aromatic rings. The molecule has 1 spiro atoms. The molecule has 1 N–H and O–H groups in total. The molecule has 0 radical (unpaired) electrons. The lowest BCUT2D eigenvalue weighted by atomic mass is 9.74. The Balaban J connectivity index is 1.88. The van der Waals surface area contributed by atoms with E-state index in [2.05, 4.69) is 0 Å². The molecule has 4 heterocycles. The molecule has 5 atom stereocenters. The van der Waals surface area contributed by atoms with E-state index in [1.165, 1.54) is 4.90 Å². The molecule has 1 unspecified atom stereocenters. The minimum atomic E-state index is -1.28. The maximum atomic E-state index is 13.6. The summed E-state index contributed by atoms with van der Waals surface area (Å²) in [5.41, 5.74) is -2.35. The summed E-state index contributed by atoms with van der Waals surface area (Å²) in [5.74, 6) is -2.81. The molecule has 2 amide bonds. The number of likely N-dealkylation sites (tertiary alicyclic amines) is 1. The molecule has 0 saturated carbocycles. The van der Waals surface area contributed by atoms with E-state index in [-0.39, 0.29) is 37.6 Å². The van der Waals surface area contributed by atoms with Crippen molar-refractivity contribution in [2.24, 2.45) is 11.8 Å². The molecule has 30 heavy (non-hydrogen) atoms. The first-order valence-corrected chi connectivity index (χ1v) is 10.7. The zero-order valence-corrected chi connectivity index (χ0v) is 17.7. The van der Waals surface area contributed by atoms with Crippen LogP contribution in [0.5, 0.6) is 0 Å². The van der Waals surface area contributed by atoms with Crippen molar-refractivity contribution in [3.63, 3.8) is 0 Å². The summed E-state index contributed by atoms with van der Waals surface area (Å²) in [4.78, 5) is 43.4. The summed E-state index contributed by atoms with van der Waals surface area (Å²) in [5, 5.41) is 9.60. The lowest BCUT2D eigenvalue weighted by Crippen LogP contribution is -2.57. The highest BCUT2D eigenvalue weighted by atomic mass is 16.6. The fourth-order valence-electron chi connectivity index (χ4n) is 5.46. The van der Waals surface area contributed by atoms with Gasteiger partial charge in [0.05, 0.1) is 24.7 Å². The van der Waals surface area contributed by atoms with Gasteiger partial charge < -0.3 is 24.4 Å². The number of nitrogens with zero attached hydrogens (tertiary/aromatic N) is 2. The number of carbonyl (C=O) groups excluding carboxylic acids is 3. The number of aliphatic hydroxyl groups is 1. The minimum Gasteiger partial charge on any atom is -0.465 e. The number of amides is 2. The maximum absolute atomic E-state index is 13.6. The number of allylic oxidation sites excluding steroid dienone is 1. The Labute approximate surface area is 176 Å². The average molecular weight is 418 g/mol. The highest BCUT2D eigenvalue weighted by molar-refractivity contribution is 5.99. The molecule has 4 aliphatic rings. The molecule has 0 aromatic carbocycles. The van der Waals surface area contributed by atoms with E-state index < -0.39 is 35.0 Å².